The predicted octanol–water partition coefficient (Wildman–Crippen LogP) is 2.13. The molecule has 2 saturated carbocycles. The van der Waals surface area contributed by atoms with Crippen LogP contribution in [0.15, 0.2) is 0 Å². The van der Waals surface area contributed by atoms with Crippen molar-refractivity contribution in [3.63, 3.8) is 0 Å². The summed E-state index contributed by atoms with van der Waals surface area (Å²) in [5, 5.41) is 0.0203. The Labute approximate surface area is 189 Å². The molecule has 0 radical (unpaired) electrons. The second kappa shape index (κ2) is 17.4. The van der Waals surface area contributed by atoms with Gasteiger partial charge in [0.05, 0.1) is 0 Å². The fourth-order valence-corrected chi connectivity index (χ4v) is 3.63. The molecule has 0 aromatic heterocycles. The van der Waals surface area contributed by atoms with E-state index in [-0.39, 0.29) is 61.6 Å². The number of rotatable bonds is 3. The quantitative estimate of drug-likeness (QED) is 0.563. The van der Waals surface area contributed by atoms with Crippen molar-refractivity contribution in [3.05, 3.63) is 0 Å². The van der Waals surface area contributed by atoms with Crippen LogP contribution in [0.2, 0.25) is 0 Å². The zero-order valence-corrected chi connectivity index (χ0v) is 19.6. The van der Waals surface area contributed by atoms with Crippen LogP contribution in [0.5, 0.6) is 0 Å². The van der Waals surface area contributed by atoms with Crippen molar-refractivity contribution in [3.8, 4) is 0 Å². The minimum Gasteiger partial charge on any atom is -0.742 e. The van der Waals surface area contributed by atoms with Crippen LogP contribution < -0.4 is 51.4 Å². The zero-order chi connectivity index (χ0) is 16.1. The van der Waals surface area contributed by atoms with Crippen molar-refractivity contribution in [2.75, 3.05) is 5.75 Å². The third-order valence-electron chi connectivity index (χ3n) is 4.05. The van der Waals surface area contributed by atoms with Gasteiger partial charge in [0.1, 0.15) is 0 Å². The molecular weight excluding hydrogens is 339 g/mol. The second-order valence-corrected chi connectivity index (χ2v) is 7.78. The van der Waals surface area contributed by atoms with Crippen molar-refractivity contribution in [2.45, 2.75) is 78.6 Å². The average Bonchev–Trinajstić information content (AvgIpc) is 3.10. The van der Waals surface area contributed by atoms with Crippen LogP contribution in [-0.4, -0.2) is 16.0 Å². The molecule has 0 unspecified atom stereocenters. The van der Waals surface area contributed by atoms with E-state index in [1.807, 2.05) is 0 Å². The zero-order valence-electron chi connectivity index (χ0n) is 14.9. The minimum absolute atomic E-state index is 0. The molecule has 0 bridgehead atoms. The van der Waals surface area contributed by atoms with E-state index in [0.29, 0.717) is 0 Å². The average molecular weight is 371 g/mol. The first-order chi connectivity index (χ1) is 9.95. The van der Waals surface area contributed by atoms with E-state index in [0.717, 1.165) is 17.6 Å². The van der Waals surface area contributed by atoms with Crippen LogP contribution in [0.25, 0.3) is 0 Å². The van der Waals surface area contributed by atoms with Gasteiger partial charge in [-0.1, -0.05) is 63.6 Å². The van der Waals surface area contributed by atoms with Crippen molar-refractivity contribution < 1.29 is 61.0 Å². The van der Waals surface area contributed by atoms with Crippen molar-refractivity contribution in [1.29, 1.82) is 0 Å². The third kappa shape index (κ3) is 17.9. The van der Waals surface area contributed by atoms with Gasteiger partial charge in [0.15, 0.2) is 5.12 Å². The van der Waals surface area contributed by atoms with Gasteiger partial charge in [0.2, 0.25) is 0 Å². The van der Waals surface area contributed by atoms with Gasteiger partial charge in [-0.3, -0.25) is 4.79 Å². The number of thioether (sulfide) groups is 1. The Morgan fingerprint density at radius 1 is 0.955 bits per heavy atom. The monoisotopic (exact) mass is 370 g/mol. The Bertz CT molecular complexity index is 282. The Hall–Kier alpha value is 1.55. The smallest absolute Gasteiger partial charge is 0.742 e. The molecule has 0 heterocycles. The molecule has 0 aromatic carbocycles. The van der Waals surface area contributed by atoms with Gasteiger partial charge in [-0.05, 0) is 31.6 Å². The van der Waals surface area contributed by atoms with E-state index >= 15 is 0 Å². The normalized spacial score (nSPS) is 17.6. The summed E-state index contributed by atoms with van der Waals surface area (Å²) in [4.78, 5) is 19.8. The Kier molecular flexibility index (Phi) is 20.4. The van der Waals surface area contributed by atoms with Gasteiger partial charge in [0, 0.05) is 17.8 Å². The number of carbonyl (C=O) groups is 2. The first-order valence-electron chi connectivity index (χ1n) is 8.26. The van der Waals surface area contributed by atoms with E-state index in [9.17, 15) is 9.59 Å². The molecule has 0 aliphatic heterocycles. The summed E-state index contributed by atoms with van der Waals surface area (Å²) >= 11 is 5.47. The number of hydrogen-bond acceptors (Lipinski definition) is 4. The Morgan fingerprint density at radius 3 is 1.59 bits per heavy atom. The van der Waals surface area contributed by atoms with Crippen LogP contribution >= 0.6 is 11.8 Å². The maximum atomic E-state index is 10.6. The molecule has 0 atom stereocenters. The van der Waals surface area contributed by atoms with E-state index in [2.05, 4.69) is 19.6 Å². The Balaban J connectivity index is 0. The standard InChI is InChI=1S/C8H14OS.C7H14.C2H4OS.K/c1-7(9)10-6-8-4-2-3-5-8;1-2-7-5-3-4-6-7;1-2(3)4;/h8H,2-6H2,1H3;7H,2-6H2,1H3;1H3,(H,3,4);/q;;;+1/p-1. The second-order valence-electron chi connectivity index (χ2n) is 6.00. The van der Waals surface area contributed by atoms with Gasteiger partial charge in [-0.25, -0.2) is 0 Å². The van der Waals surface area contributed by atoms with Crippen LogP contribution in [0.4, 0.5) is 0 Å². The summed E-state index contributed by atoms with van der Waals surface area (Å²) in [7, 11) is 0. The van der Waals surface area contributed by atoms with E-state index in [1.54, 1.807) is 6.92 Å². The molecule has 0 amide bonds. The molecule has 0 spiro atoms. The molecular formula is C17H31KO2S2. The molecule has 0 N–H and O–H groups in total. The summed E-state index contributed by atoms with van der Waals surface area (Å²) in [6.45, 7) is 5.30. The molecule has 2 nitrogen and oxygen atoms in total. The molecule has 2 aliphatic carbocycles. The molecule has 124 valence electrons. The number of hydrogen-bond donors (Lipinski definition) is 0. The molecule has 0 saturated heterocycles. The molecule has 5 heteroatoms. The summed E-state index contributed by atoms with van der Waals surface area (Å²) in [6.07, 6.45) is 12.9. The van der Waals surface area contributed by atoms with Crippen molar-refractivity contribution in [2.24, 2.45) is 11.8 Å². The van der Waals surface area contributed by atoms with Gasteiger partial charge in [0.25, 0.3) is 0 Å². The molecule has 22 heavy (non-hydrogen) atoms. The van der Waals surface area contributed by atoms with Crippen LogP contribution in [0.1, 0.15) is 78.6 Å². The minimum atomic E-state index is -0.250. The maximum Gasteiger partial charge on any atom is 1.00 e. The van der Waals surface area contributed by atoms with Gasteiger partial charge in [-0.15, -0.1) is 0 Å². The largest absolute Gasteiger partial charge is 1.00 e. The molecule has 0 aromatic rings. The third-order valence-corrected chi connectivity index (χ3v) is 5.09. The van der Waals surface area contributed by atoms with Gasteiger partial charge < -0.3 is 17.4 Å². The van der Waals surface area contributed by atoms with Gasteiger partial charge >= 0.3 is 51.4 Å². The summed E-state index contributed by atoms with van der Waals surface area (Å²) in [6, 6.07) is 0. The van der Waals surface area contributed by atoms with Crippen molar-refractivity contribution >= 4 is 34.6 Å². The predicted molar refractivity (Wildman–Crippen MR) is 95.4 cm³/mol. The van der Waals surface area contributed by atoms with Crippen molar-refractivity contribution in [1.82, 2.24) is 0 Å². The summed E-state index contributed by atoms with van der Waals surface area (Å²) < 4.78 is 0. The molecule has 2 aliphatic rings. The molecule has 2 rings (SSSR count). The topological polar surface area (TPSA) is 34.1 Å². The SMILES string of the molecule is CC(=O)SCC1CCCC1.CC(=O)[S-].CCC1CCCC1.[K+]. The summed E-state index contributed by atoms with van der Waals surface area (Å²) in [5.74, 6) is 3.00. The first kappa shape index (κ1) is 25.8. The Morgan fingerprint density at radius 2 is 1.32 bits per heavy atom. The van der Waals surface area contributed by atoms with E-state index < -0.39 is 0 Å². The van der Waals surface area contributed by atoms with E-state index in [4.69, 9.17) is 0 Å². The fourth-order valence-electron chi connectivity index (χ4n) is 2.83. The molecule has 2 fully saturated rings. The fraction of sp³-hybridized carbons (Fsp3) is 0.882. The van der Waals surface area contributed by atoms with E-state index in [1.165, 1.54) is 76.5 Å². The first-order valence-corrected chi connectivity index (χ1v) is 9.66. The number of carbonyl (C=O) groups excluding carboxylic acids is 2. The van der Waals surface area contributed by atoms with Crippen LogP contribution in [0, 0.1) is 11.8 Å². The van der Waals surface area contributed by atoms with Crippen LogP contribution in [0.3, 0.4) is 0 Å². The summed E-state index contributed by atoms with van der Waals surface area (Å²) in [5.41, 5.74) is 0. The van der Waals surface area contributed by atoms with Gasteiger partial charge in [-0.2, -0.15) is 0 Å². The maximum absolute atomic E-state index is 10.6. The van der Waals surface area contributed by atoms with Crippen LogP contribution in [-0.2, 0) is 22.2 Å².